The monoisotopic (exact) mass is 409 g/mol. The van der Waals surface area contributed by atoms with Gasteiger partial charge in [0.05, 0.1) is 11.6 Å². The molecule has 0 saturated carbocycles. The Hall–Kier alpha value is -1.07. The molecule has 4 rings (SSSR count). The molecule has 27 heavy (non-hydrogen) atoms. The molecule has 1 saturated heterocycles. The van der Waals surface area contributed by atoms with Crippen molar-refractivity contribution in [2.75, 3.05) is 19.8 Å². The van der Waals surface area contributed by atoms with Crippen LogP contribution >= 0.6 is 23.2 Å². The molecule has 1 heterocycles. The summed E-state index contributed by atoms with van der Waals surface area (Å²) in [5.74, 6) is 0.770. The van der Waals surface area contributed by atoms with Crippen molar-refractivity contribution in [3.8, 4) is 5.75 Å². The maximum absolute atomic E-state index is 12.1. The lowest BCUT2D eigenvalue weighted by atomic mass is 9.70. The number of hydrogen-bond donors (Lipinski definition) is 1. The first-order valence-corrected chi connectivity index (χ1v) is 10.5. The molecule has 2 unspecified atom stereocenters. The van der Waals surface area contributed by atoms with Gasteiger partial charge in [0, 0.05) is 17.4 Å². The molecule has 1 aliphatic heterocycles. The van der Waals surface area contributed by atoms with E-state index in [1.165, 1.54) is 0 Å². The van der Waals surface area contributed by atoms with Crippen LogP contribution in [-0.4, -0.2) is 31.8 Å². The molecule has 0 aromatic heterocycles. The van der Waals surface area contributed by atoms with Crippen molar-refractivity contribution in [3.63, 3.8) is 0 Å². The normalized spacial score (nSPS) is 27.1. The third-order valence-electron chi connectivity index (χ3n) is 5.91. The third kappa shape index (κ3) is 3.53. The van der Waals surface area contributed by atoms with Gasteiger partial charge >= 0.3 is 0 Å². The minimum atomic E-state index is -0.129. The summed E-state index contributed by atoms with van der Waals surface area (Å²) < 4.78 is 11.6. The number of halogens is 2. The van der Waals surface area contributed by atoms with Gasteiger partial charge in [-0.2, -0.15) is 0 Å². The van der Waals surface area contributed by atoms with E-state index in [0.717, 1.165) is 62.0 Å². The van der Waals surface area contributed by atoms with Crippen LogP contribution in [0.15, 0.2) is 12.1 Å². The number of nitrogens with one attached hydrogen (secondary N) is 1. The van der Waals surface area contributed by atoms with E-state index in [-0.39, 0.29) is 17.4 Å². The number of allylic oxidation sites excluding steroid dienone is 2. The molecule has 0 radical (unpaired) electrons. The Morgan fingerprint density at radius 3 is 2.96 bits per heavy atom. The zero-order valence-electron chi connectivity index (χ0n) is 15.6. The van der Waals surface area contributed by atoms with Crippen molar-refractivity contribution < 1.29 is 14.3 Å². The zero-order valence-corrected chi connectivity index (χ0v) is 17.1. The topological polar surface area (TPSA) is 47.6 Å². The summed E-state index contributed by atoms with van der Waals surface area (Å²) in [6.07, 6.45) is 7.17. The smallest absolute Gasteiger partial charge is 0.156 e. The Balaban J connectivity index is 1.65. The summed E-state index contributed by atoms with van der Waals surface area (Å²) in [5, 5.41) is 4.19. The molecule has 0 bridgehead atoms. The first-order valence-electron chi connectivity index (χ1n) is 9.78. The van der Waals surface area contributed by atoms with Crippen LogP contribution in [0.4, 0.5) is 0 Å². The van der Waals surface area contributed by atoms with Crippen LogP contribution in [0.25, 0.3) is 5.57 Å². The molecule has 1 aromatic rings. The summed E-state index contributed by atoms with van der Waals surface area (Å²) in [6.45, 7) is 4.23. The van der Waals surface area contributed by atoms with Gasteiger partial charge in [0.1, 0.15) is 23.6 Å². The Morgan fingerprint density at radius 1 is 1.37 bits per heavy atom. The first kappa shape index (κ1) is 19.3. The van der Waals surface area contributed by atoms with E-state index in [2.05, 4.69) is 12.2 Å². The standard InChI is InChI=1S/C21H25Cl2NO3/c1-2-5-21-6-4-14(25)10-15(21)18-13(11-21)9-16(19(22)20(18)23)27-12-17-24-7-3-8-26-17/h9-10,17,24H,2-8,11-12H2,1H3. The van der Waals surface area contributed by atoms with Gasteiger partial charge < -0.3 is 9.47 Å². The highest BCUT2D eigenvalue weighted by Gasteiger charge is 2.45. The molecular formula is C21H25Cl2NO3. The van der Waals surface area contributed by atoms with Gasteiger partial charge in [-0.15, -0.1) is 0 Å². The van der Waals surface area contributed by atoms with E-state index in [9.17, 15) is 4.79 Å². The van der Waals surface area contributed by atoms with Gasteiger partial charge in [0.15, 0.2) is 5.78 Å². The molecule has 146 valence electrons. The van der Waals surface area contributed by atoms with Gasteiger partial charge in [-0.3, -0.25) is 10.1 Å². The summed E-state index contributed by atoms with van der Waals surface area (Å²) in [4.78, 5) is 12.1. The second-order valence-electron chi connectivity index (χ2n) is 7.75. The quantitative estimate of drug-likeness (QED) is 0.758. The van der Waals surface area contributed by atoms with E-state index in [0.29, 0.717) is 28.8 Å². The van der Waals surface area contributed by atoms with Crippen LogP contribution in [0, 0.1) is 5.41 Å². The molecule has 1 fully saturated rings. The minimum Gasteiger partial charge on any atom is -0.488 e. The van der Waals surface area contributed by atoms with Crippen molar-refractivity contribution >= 4 is 34.6 Å². The average molecular weight is 410 g/mol. The van der Waals surface area contributed by atoms with Gasteiger partial charge in [0.2, 0.25) is 0 Å². The Bertz CT molecular complexity index is 786. The molecule has 1 N–H and O–H groups in total. The van der Waals surface area contributed by atoms with Crippen LogP contribution in [0.2, 0.25) is 10.0 Å². The molecular weight excluding hydrogens is 385 g/mol. The average Bonchev–Trinajstić information content (AvgIpc) is 2.98. The van der Waals surface area contributed by atoms with Gasteiger partial charge in [-0.05, 0) is 55.5 Å². The molecule has 6 heteroatoms. The highest BCUT2D eigenvalue weighted by Crippen LogP contribution is 2.58. The van der Waals surface area contributed by atoms with E-state index in [4.69, 9.17) is 32.7 Å². The third-order valence-corrected chi connectivity index (χ3v) is 6.76. The van der Waals surface area contributed by atoms with Gasteiger partial charge in [0.25, 0.3) is 0 Å². The number of hydrogen-bond acceptors (Lipinski definition) is 4. The Labute approximate surface area is 170 Å². The lowest BCUT2D eigenvalue weighted by Crippen LogP contribution is -2.42. The van der Waals surface area contributed by atoms with E-state index in [1.807, 2.05) is 6.07 Å². The second kappa shape index (κ2) is 7.75. The number of rotatable bonds is 5. The highest BCUT2D eigenvalue weighted by atomic mass is 35.5. The van der Waals surface area contributed by atoms with Crippen molar-refractivity contribution in [2.45, 2.75) is 51.7 Å². The highest BCUT2D eigenvalue weighted by molar-refractivity contribution is 6.44. The van der Waals surface area contributed by atoms with E-state index < -0.39 is 0 Å². The fraction of sp³-hybridized carbons (Fsp3) is 0.571. The predicted octanol–water partition coefficient (Wildman–Crippen LogP) is 4.80. The van der Waals surface area contributed by atoms with Crippen molar-refractivity contribution in [1.29, 1.82) is 0 Å². The number of carbonyl (C=O) groups excluding carboxylic acids is 1. The lowest BCUT2D eigenvalue weighted by Gasteiger charge is -2.33. The molecule has 4 nitrogen and oxygen atoms in total. The van der Waals surface area contributed by atoms with Gasteiger partial charge in [-0.1, -0.05) is 36.5 Å². The van der Waals surface area contributed by atoms with Crippen LogP contribution in [0.3, 0.4) is 0 Å². The van der Waals surface area contributed by atoms with Crippen LogP contribution in [0.5, 0.6) is 5.75 Å². The summed E-state index contributed by atoms with van der Waals surface area (Å²) in [6, 6.07) is 2.01. The fourth-order valence-corrected chi connectivity index (χ4v) is 5.20. The number of benzene rings is 1. The van der Waals surface area contributed by atoms with Crippen molar-refractivity contribution in [1.82, 2.24) is 5.32 Å². The summed E-state index contributed by atoms with van der Waals surface area (Å²) in [7, 11) is 0. The predicted molar refractivity (Wildman–Crippen MR) is 108 cm³/mol. The maximum atomic E-state index is 12.1. The molecule has 2 atom stereocenters. The number of fused-ring (bicyclic) bond motifs is 3. The molecule has 2 aliphatic carbocycles. The van der Waals surface area contributed by atoms with Crippen LogP contribution < -0.4 is 10.1 Å². The van der Waals surface area contributed by atoms with Crippen molar-refractivity contribution in [2.24, 2.45) is 5.41 Å². The zero-order chi connectivity index (χ0) is 19.0. The lowest BCUT2D eigenvalue weighted by molar-refractivity contribution is -0.115. The molecule has 1 aromatic carbocycles. The first-order chi connectivity index (χ1) is 13.0. The Morgan fingerprint density at radius 2 is 2.22 bits per heavy atom. The molecule has 0 amide bonds. The summed E-state index contributed by atoms with van der Waals surface area (Å²) >= 11 is 13.2. The maximum Gasteiger partial charge on any atom is 0.156 e. The van der Waals surface area contributed by atoms with E-state index >= 15 is 0 Å². The van der Waals surface area contributed by atoms with Crippen LogP contribution in [0.1, 0.15) is 50.2 Å². The van der Waals surface area contributed by atoms with Gasteiger partial charge in [-0.25, -0.2) is 0 Å². The molecule has 0 spiro atoms. The minimum absolute atomic E-state index is 0.00459. The number of carbonyl (C=O) groups is 1. The van der Waals surface area contributed by atoms with Crippen molar-refractivity contribution in [3.05, 3.63) is 33.3 Å². The van der Waals surface area contributed by atoms with Crippen LogP contribution in [-0.2, 0) is 16.0 Å². The SMILES string of the molecule is CCCC12CCC(=O)C=C1c1c(cc(OCC3NCCCO3)c(Cl)c1Cl)C2. The largest absolute Gasteiger partial charge is 0.488 e. The fourth-order valence-electron chi connectivity index (χ4n) is 4.68. The second-order valence-corrected chi connectivity index (χ2v) is 8.50. The summed E-state index contributed by atoms with van der Waals surface area (Å²) in [5.41, 5.74) is 3.16. The van der Waals surface area contributed by atoms with E-state index in [1.54, 1.807) is 6.08 Å². The molecule has 3 aliphatic rings. The Kier molecular flexibility index (Phi) is 5.52. The number of ether oxygens (including phenoxy) is 2. The number of ketones is 1.